The first-order chi connectivity index (χ1) is 22.3. The molecule has 5 rings (SSSR count). The van der Waals surface area contributed by atoms with E-state index >= 15 is 0 Å². The lowest BCUT2D eigenvalue weighted by molar-refractivity contribution is -0.119. The molecule has 46 heavy (non-hydrogen) atoms. The van der Waals surface area contributed by atoms with E-state index in [1.54, 1.807) is 19.4 Å². The van der Waals surface area contributed by atoms with E-state index in [9.17, 15) is 9.59 Å². The first-order valence-corrected chi connectivity index (χ1v) is 15.5. The average Bonchev–Trinajstić information content (AvgIpc) is 3.48. The number of carbonyl (C=O) groups excluding carboxylic acids is 2. The summed E-state index contributed by atoms with van der Waals surface area (Å²) >= 11 is 6.98. The fourth-order valence-corrected chi connectivity index (χ4v) is 5.70. The third kappa shape index (κ3) is 7.68. The number of halogens is 1. The number of nitrogens with zero attached hydrogens (tertiary/aromatic N) is 3. The Kier molecular flexibility index (Phi) is 10.9. The number of aryl methyl sites for hydroxylation is 1. The largest absolute Gasteiger partial charge is 0.481 e. The predicted octanol–water partition coefficient (Wildman–Crippen LogP) is 4.19. The summed E-state index contributed by atoms with van der Waals surface area (Å²) in [5.41, 5.74) is 6.96. The van der Waals surface area contributed by atoms with Crippen LogP contribution < -0.4 is 26.0 Å². The van der Waals surface area contributed by atoms with Crippen molar-refractivity contribution in [1.82, 2.24) is 30.9 Å². The predicted molar refractivity (Wildman–Crippen MR) is 178 cm³/mol. The van der Waals surface area contributed by atoms with E-state index in [1.807, 2.05) is 56.3 Å². The highest BCUT2D eigenvalue weighted by molar-refractivity contribution is 6.35. The first-order valence-electron chi connectivity index (χ1n) is 15.2. The molecule has 5 N–H and O–H groups in total. The highest BCUT2D eigenvalue weighted by Gasteiger charge is 2.21. The summed E-state index contributed by atoms with van der Waals surface area (Å²) < 4.78 is 5.61. The van der Waals surface area contributed by atoms with Crippen molar-refractivity contribution in [1.29, 1.82) is 0 Å². The number of rotatable bonds is 13. The van der Waals surface area contributed by atoms with Gasteiger partial charge in [0.15, 0.2) is 0 Å². The molecule has 1 aliphatic rings. The number of aromatic nitrogens is 3. The number of carbonyl (C=O) groups is 2. The van der Waals surface area contributed by atoms with Crippen molar-refractivity contribution in [3.05, 3.63) is 87.8 Å². The van der Waals surface area contributed by atoms with Gasteiger partial charge in [-0.05, 0) is 55.7 Å². The Morgan fingerprint density at radius 3 is 2.59 bits per heavy atom. The van der Waals surface area contributed by atoms with Crippen molar-refractivity contribution in [3.8, 4) is 28.4 Å². The maximum absolute atomic E-state index is 13.2. The Labute approximate surface area is 273 Å². The molecule has 0 spiro atoms. The topological polar surface area (TPSA) is 150 Å². The molecule has 3 aromatic heterocycles. The molecule has 1 unspecified atom stereocenters. The summed E-state index contributed by atoms with van der Waals surface area (Å²) in [7, 11) is 1.58. The lowest BCUT2D eigenvalue weighted by Crippen LogP contribution is -2.35. The van der Waals surface area contributed by atoms with Crippen LogP contribution in [0.3, 0.4) is 0 Å². The third-order valence-electron chi connectivity index (χ3n) is 7.96. The number of aliphatic hydroxyl groups excluding tert-OH is 1. The first kappa shape index (κ1) is 33.0. The quantitative estimate of drug-likeness (QED) is 0.135. The Balaban J connectivity index is 1.33. The van der Waals surface area contributed by atoms with Gasteiger partial charge in [0.2, 0.25) is 11.8 Å². The number of hydrogen-bond donors (Lipinski definition) is 5. The maximum atomic E-state index is 13.2. The number of hydrogen-bond acceptors (Lipinski definition) is 9. The number of aliphatic hydroxyl groups is 1. The third-order valence-corrected chi connectivity index (χ3v) is 8.34. The molecule has 240 valence electrons. The van der Waals surface area contributed by atoms with Gasteiger partial charge in [-0.3, -0.25) is 14.6 Å². The van der Waals surface area contributed by atoms with Crippen molar-refractivity contribution in [2.75, 3.05) is 32.1 Å². The van der Waals surface area contributed by atoms with E-state index in [0.29, 0.717) is 71.8 Å². The van der Waals surface area contributed by atoms with Gasteiger partial charge in [-0.2, -0.15) is 0 Å². The second-order valence-corrected chi connectivity index (χ2v) is 11.5. The van der Waals surface area contributed by atoms with Gasteiger partial charge < -0.3 is 31.1 Å². The molecule has 1 atom stereocenters. The minimum Gasteiger partial charge on any atom is -0.481 e. The molecule has 0 aliphatic carbocycles. The fraction of sp³-hybridized carbons (Fsp3) is 0.324. The average molecular weight is 644 g/mol. The molecule has 1 aliphatic heterocycles. The summed E-state index contributed by atoms with van der Waals surface area (Å²) in [6.07, 6.45) is 3.08. The minimum absolute atomic E-state index is 0.0535. The summed E-state index contributed by atoms with van der Waals surface area (Å²) in [5, 5.41) is 21.9. The highest BCUT2D eigenvalue weighted by Crippen LogP contribution is 2.38. The van der Waals surface area contributed by atoms with Crippen LogP contribution in [0.1, 0.15) is 45.7 Å². The Morgan fingerprint density at radius 1 is 1.04 bits per heavy atom. The summed E-state index contributed by atoms with van der Waals surface area (Å²) in [6.45, 7) is 6.06. The molecule has 0 bridgehead atoms. The van der Waals surface area contributed by atoms with Crippen molar-refractivity contribution in [2.45, 2.75) is 45.8 Å². The Morgan fingerprint density at radius 2 is 1.85 bits per heavy atom. The van der Waals surface area contributed by atoms with Crippen molar-refractivity contribution in [2.24, 2.45) is 0 Å². The number of anilines is 1. The Bertz CT molecular complexity index is 1730. The molecule has 1 saturated heterocycles. The number of ether oxygens (including phenoxy) is 1. The van der Waals surface area contributed by atoms with Crippen molar-refractivity contribution in [3.63, 3.8) is 0 Å². The molecule has 0 saturated carbocycles. The highest BCUT2D eigenvalue weighted by atomic mass is 35.5. The SMILES string of the molecule is COc1nc(-c2ccnc(-c3cccc(NC(=O)c4ccc(CNCCO)c(C)n4)c3C)c2Cl)ccc1CNCC1CCC(=O)N1. The minimum atomic E-state index is -0.329. The van der Waals surface area contributed by atoms with Gasteiger partial charge in [-0.1, -0.05) is 35.9 Å². The van der Waals surface area contributed by atoms with E-state index in [1.165, 1.54) is 0 Å². The van der Waals surface area contributed by atoms with Gasteiger partial charge in [-0.15, -0.1) is 0 Å². The van der Waals surface area contributed by atoms with Crippen LogP contribution >= 0.6 is 11.6 Å². The lowest BCUT2D eigenvalue weighted by Gasteiger charge is -2.16. The monoisotopic (exact) mass is 643 g/mol. The molecule has 1 fully saturated rings. The zero-order valence-electron chi connectivity index (χ0n) is 26.1. The van der Waals surface area contributed by atoms with Gasteiger partial charge in [0.1, 0.15) is 5.69 Å². The van der Waals surface area contributed by atoms with E-state index in [-0.39, 0.29) is 24.5 Å². The summed E-state index contributed by atoms with van der Waals surface area (Å²) in [5.74, 6) is 0.243. The number of benzene rings is 1. The van der Waals surface area contributed by atoms with E-state index in [0.717, 1.165) is 34.4 Å². The number of amides is 2. The Hall–Kier alpha value is -4.42. The normalized spacial score (nSPS) is 14.3. The fourth-order valence-electron chi connectivity index (χ4n) is 5.39. The van der Waals surface area contributed by atoms with Crippen LogP contribution in [0, 0.1) is 13.8 Å². The van der Waals surface area contributed by atoms with Gasteiger partial charge in [0.05, 0.1) is 30.1 Å². The van der Waals surface area contributed by atoms with Crippen LogP contribution in [-0.2, 0) is 17.9 Å². The van der Waals surface area contributed by atoms with E-state index in [4.69, 9.17) is 26.4 Å². The zero-order chi connectivity index (χ0) is 32.6. The van der Waals surface area contributed by atoms with Gasteiger partial charge in [0.25, 0.3) is 5.91 Å². The second kappa shape index (κ2) is 15.2. The van der Waals surface area contributed by atoms with E-state index in [2.05, 4.69) is 31.2 Å². The van der Waals surface area contributed by atoms with Crippen LogP contribution in [-0.4, -0.2) is 64.7 Å². The van der Waals surface area contributed by atoms with Gasteiger partial charge in [0, 0.05) is 72.9 Å². The van der Waals surface area contributed by atoms with Crippen LogP contribution in [0.25, 0.3) is 22.5 Å². The summed E-state index contributed by atoms with van der Waals surface area (Å²) in [6, 6.07) is 14.9. The molecule has 4 aromatic rings. The van der Waals surface area contributed by atoms with Crippen molar-refractivity contribution < 1.29 is 19.4 Å². The van der Waals surface area contributed by atoms with Crippen LogP contribution in [0.15, 0.2) is 54.7 Å². The zero-order valence-corrected chi connectivity index (χ0v) is 26.9. The van der Waals surface area contributed by atoms with Crippen LogP contribution in [0.2, 0.25) is 5.02 Å². The molecule has 2 amide bonds. The van der Waals surface area contributed by atoms with Gasteiger partial charge in [-0.25, -0.2) is 9.97 Å². The summed E-state index contributed by atoms with van der Waals surface area (Å²) in [4.78, 5) is 38.5. The standard InChI is InChI=1S/C34H38ClN7O4/c1-20-25(5-4-6-27(20)41-33(45)29-11-7-22(21(2)39-29)17-36-15-16-43)32-31(35)26(13-14-38-32)28-10-8-23(34(42-28)46-3)18-37-19-24-9-12-30(44)40-24/h4-8,10-11,13-14,24,36-37,43H,9,12,15-19H2,1-3H3,(H,40,44)(H,41,45). The number of nitrogens with one attached hydrogen (secondary N) is 4. The molecule has 12 heteroatoms. The van der Waals surface area contributed by atoms with Gasteiger partial charge >= 0.3 is 0 Å². The molecule has 11 nitrogen and oxygen atoms in total. The molecule has 1 aromatic carbocycles. The molecule has 4 heterocycles. The van der Waals surface area contributed by atoms with E-state index < -0.39 is 0 Å². The van der Waals surface area contributed by atoms with Crippen molar-refractivity contribution >= 4 is 29.1 Å². The maximum Gasteiger partial charge on any atom is 0.274 e. The lowest BCUT2D eigenvalue weighted by atomic mass is 10.0. The molecule has 0 radical (unpaired) electrons. The second-order valence-electron chi connectivity index (χ2n) is 11.1. The molecular formula is C34H38ClN7O4. The van der Waals surface area contributed by atoms with Crippen LogP contribution in [0.4, 0.5) is 5.69 Å². The number of methoxy groups -OCH3 is 1. The smallest absolute Gasteiger partial charge is 0.274 e. The molecular weight excluding hydrogens is 606 g/mol. The number of pyridine rings is 3. The van der Waals surface area contributed by atoms with Crippen LogP contribution in [0.5, 0.6) is 5.88 Å².